The number of hydrogen-bond donors (Lipinski definition) is 1. The third kappa shape index (κ3) is 2.90. The van der Waals surface area contributed by atoms with Gasteiger partial charge in [0.05, 0.1) is 12.3 Å². The largest absolute Gasteiger partial charge is 0.392 e. The molecule has 0 aliphatic carbocycles. The van der Waals surface area contributed by atoms with Crippen molar-refractivity contribution in [1.82, 2.24) is 4.98 Å². The molecule has 0 spiro atoms. The molecule has 0 aliphatic heterocycles. The minimum atomic E-state index is -0.279. The summed E-state index contributed by atoms with van der Waals surface area (Å²) in [6.07, 6.45) is 0. The number of aliphatic hydroxyl groups excluding tert-OH is 1. The smallest absolute Gasteiger partial charge is 0.146 e. The predicted octanol–water partition coefficient (Wildman–Crippen LogP) is 3.18. The third-order valence-electron chi connectivity index (χ3n) is 2.92. The second-order valence-electron chi connectivity index (χ2n) is 4.33. The number of benzene rings is 1. The second-order valence-corrected chi connectivity index (χ2v) is 4.33. The maximum atomic E-state index is 13.9. The van der Waals surface area contributed by atoms with Crippen LogP contribution in [0.4, 0.5) is 15.9 Å². The van der Waals surface area contributed by atoms with Crippen LogP contribution >= 0.6 is 0 Å². The molecule has 0 aliphatic rings. The van der Waals surface area contributed by atoms with E-state index in [1.165, 1.54) is 6.07 Å². The quantitative estimate of drug-likeness (QED) is 0.917. The minimum absolute atomic E-state index is 0.0504. The Morgan fingerprint density at radius 1 is 1.26 bits per heavy atom. The van der Waals surface area contributed by atoms with Crippen LogP contribution in [-0.2, 0) is 6.61 Å². The molecular weight excluding hydrogens is 243 g/mol. The second kappa shape index (κ2) is 5.80. The van der Waals surface area contributed by atoms with Gasteiger partial charge < -0.3 is 10.0 Å². The summed E-state index contributed by atoms with van der Waals surface area (Å²) in [5.41, 5.74) is 2.07. The molecule has 0 radical (unpaired) electrons. The summed E-state index contributed by atoms with van der Waals surface area (Å²) in [6, 6.07) is 10.2. The van der Waals surface area contributed by atoms with Gasteiger partial charge in [0.25, 0.3) is 0 Å². The Hall–Kier alpha value is -1.94. The van der Waals surface area contributed by atoms with E-state index in [1.54, 1.807) is 29.2 Å². The first kappa shape index (κ1) is 13.5. The van der Waals surface area contributed by atoms with Gasteiger partial charge in [0, 0.05) is 12.2 Å². The topological polar surface area (TPSA) is 36.4 Å². The summed E-state index contributed by atoms with van der Waals surface area (Å²) in [5.74, 6) is 0.370. The molecule has 0 unspecified atom stereocenters. The summed E-state index contributed by atoms with van der Waals surface area (Å²) in [7, 11) is 0. The molecule has 1 aromatic carbocycles. The molecule has 2 aromatic rings. The van der Waals surface area contributed by atoms with Crippen LogP contribution in [0.3, 0.4) is 0 Å². The SMILES string of the molecule is CCN(c1cc(CO)cc(C)n1)c1ccccc1F. The van der Waals surface area contributed by atoms with Crippen molar-refractivity contribution in [2.45, 2.75) is 20.5 Å². The Balaban J connectivity index is 2.48. The molecule has 0 saturated carbocycles. The van der Waals surface area contributed by atoms with E-state index in [-0.39, 0.29) is 12.4 Å². The number of aliphatic hydroxyl groups is 1. The fourth-order valence-corrected chi connectivity index (χ4v) is 2.08. The Bertz CT molecular complexity index is 572. The number of anilines is 2. The molecule has 2 rings (SSSR count). The predicted molar refractivity (Wildman–Crippen MR) is 74.0 cm³/mol. The lowest BCUT2D eigenvalue weighted by atomic mass is 10.2. The zero-order chi connectivity index (χ0) is 13.8. The zero-order valence-corrected chi connectivity index (χ0v) is 11.1. The maximum Gasteiger partial charge on any atom is 0.146 e. The van der Waals surface area contributed by atoms with Gasteiger partial charge in [0.15, 0.2) is 0 Å². The van der Waals surface area contributed by atoms with Crippen molar-refractivity contribution in [3.8, 4) is 0 Å². The van der Waals surface area contributed by atoms with Crippen molar-refractivity contribution >= 4 is 11.5 Å². The fourth-order valence-electron chi connectivity index (χ4n) is 2.08. The first-order chi connectivity index (χ1) is 9.15. The summed E-state index contributed by atoms with van der Waals surface area (Å²) in [6.45, 7) is 4.35. The molecule has 1 heterocycles. The Morgan fingerprint density at radius 2 is 2.00 bits per heavy atom. The molecule has 100 valence electrons. The van der Waals surface area contributed by atoms with Gasteiger partial charge in [-0.3, -0.25) is 0 Å². The molecule has 4 heteroatoms. The van der Waals surface area contributed by atoms with Crippen LogP contribution in [0, 0.1) is 12.7 Å². The number of para-hydroxylation sites is 1. The van der Waals surface area contributed by atoms with Gasteiger partial charge in [-0.2, -0.15) is 0 Å². The number of rotatable bonds is 4. The minimum Gasteiger partial charge on any atom is -0.392 e. The molecular formula is C15H17FN2O. The number of nitrogens with zero attached hydrogens (tertiary/aromatic N) is 2. The standard InChI is InChI=1S/C15H17FN2O/c1-3-18(14-7-5-4-6-13(14)16)15-9-12(10-19)8-11(2)17-15/h4-9,19H,3,10H2,1-2H3. The molecule has 0 saturated heterocycles. The van der Waals surface area contributed by atoms with Crippen molar-refractivity contribution in [2.75, 3.05) is 11.4 Å². The monoisotopic (exact) mass is 260 g/mol. The van der Waals surface area contributed by atoms with Crippen LogP contribution in [0.5, 0.6) is 0 Å². The van der Waals surface area contributed by atoms with Crippen LogP contribution < -0.4 is 4.90 Å². The average molecular weight is 260 g/mol. The zero-order valence-electron chi connectivity index (χ0n) is 11.1. The van der Waals surface area contributed by atoms with Crippen molar-refractivity contribution in [1.29, 1.82) is 0 Å². The molecule has 1 aromatic heterocycles. The lowest BCUT2D eigenvalue weighted by Gasteiger charge is -2.23. The van der Waals surface area contributed by atoms with Gasteiger partial charge >= 0.3 is 0 Å². The number of aryl methyl sites for hydroxylation is 1. The average Bonchev–Trinajstić information content (AvgIpc) is 2.41. The van der Waals surface area contributed by atoms with E-state index >= 15 is 0 Å². The highest BCUT2D eigenvalue weighted by Gasteiger charge is 2.13. The molecule has 1 N–H and O–H groups in total. The summed E-state index contributed by atoms with van der Waals surface area (Å²) >= 11 is 0. The van der Waals surface area contributed by atoms with Gasteiger partial charge in [-0.25, -0.2) is 9.37 Å². The van der Waals surface area contributed by atoms with E-state index < -0.39 is 0 Å². The van der Waals surface area contributed by atoms with E-state index in [0.717, 1.165) is 11.3 Å². The Kier molecular flexibility index (Phi) is 4.12. The molecule has 0 fully saturated rings. The highest BCUT2D eigenvalue weighted by molar-refractivity contribution is 5.61. The normalized spacial score (nSPS) is 10.5. The van der Waals surface area contributed by atoms with E-state index in [1.807, 2.05) is 19.9 Å². The number of aromatic nitrogens is 1. The van der Waals surface area contributed by atoms with Crippen LogP contribution in [0.2, 0.25) is 0 Å². The summed E-state index contributed by atoms with van der Waals surface area (Å²) in [5, 5.41) is 9.25. The van der Waals surface area contributed by atoms with Gasteiger partial charge in [-0.15, -0.1) is 0 Å². The highest BCUT2D eigenvalue weighted by atomic mass is 19.1. The van der Waals surface area contributed by atoms with Crippen molar-refractivity contribution in [3.63, 3.8) is 0 Å². The highest BCUT2D eigenvalue weighted by Crippen LogP contribution is 2.27. The fraction of sp³-hybridized carbons (Fsp3) is 0.267. The van der Waals surface area contributed by atoms with Gasteiger partial charge in [-0.1, -0.05) is 12.1 Å². The number of pyridine rings is 1. The lowest BCUT2D eigenvalue weighted by molar-refractivity contribution is 0.281. The van der Waals surface area contributed by atoms with Crippen molar-refractivity contribution < 1.29 is 9.50 Å². The summed E-state index contributed by atoms with van der Waals surface area (Å²) < 4.78 is 13.9. The number of halogens is 1. The van der Waals surface area contributed by atoms with E-state index in [0.29, 0.717) is 18.1 Å². The van der Waals surface area contributed by atoms with Crippen molar-refractivity contribution in [2.24, 2.45) is 0 Å². The van der Waals surface area contributed by atoms with Gasteiger partial charge in [-0.05, 0) is 43.7 Å². The van der Waals surface area contributed by atoms with E-state index in [4.69, 9.17) is 0 Å². The lowest BCUT2D eigenvalue weighted by Crippen LogP contribution is -2.19. The number of hydrogen-bond acceptors (Lipinski definition) is 3. The van der Waals surface area contributed by atoms with E-state index in [9.17, 15) is 9.50 Å². The first-order valence-electron chi connectivity index (χ1n) is 6.26. The molecule has 0 atom stereocenters. The van der Waals surface area contributed by atoms with Crippen LogP contribution in [0.15, 0.2) is 36.4 Å². The van der Waals surface area contributed by atoms with Crippen molar-refractivity contribution in [3.05, 3.63) is 53.5 Å². The Morgan fingerprint density at radius 3 is 2.63 bits per heavy atom. The van der Waals surface area contributed by atoms with Crippen LogP contribution in [0.25, 0.3) is 0 Å². The van der Waals surface area contributed by atoms with Crippen LogP contribution in [0.1, 0.15) is 18.2 Å². The van der Waals surface area contributed by atoms with Gasteiger partial charge in [0.1, 0.15) is 11.6 Å². The summed E-state index contributed by atoms with van der Waals surface area (Å²) in [4.78, 5) is 6.21. The van der Waals surface area contributed by atoms with Gasteiger partial charge in [0.2, 0.25) is 0 Å². The molecule has 0 amide bonds. The van der Waals surface area contributed by atoms with Crippen LogP contribution in [-0.4, -0.2) is 16.6 Å². The Labute approximate surface area is 112 Å². The maximum absolute atomic E-state index is 13.9. The first-order valence-corrected chi connectivity index (χ1v) is 6.26. The molecule has 3 nitrogen and oxygen atoms in total. The molecule has 19 heavy (non-hydrogen) atoms. The molecule has 0 bridgehead atoms. The third-order valence-corrected chi connectivity index (χ3v) is 2.92. The van der Waals surface area contributed by atoms with E-state index in [2.05, 4.69) is 4.98 Å².